The Labute approximate surface area is 146 Å². The average Bonchev–Trinajstić information content (AvgIpc) is 3.11. The van der Waals surface area contributed by atoms with Crippen LogP contribution in [0, 0.1) is 0 Å². The number of nitrogens with zero attached hydrogens (tertiary/aromatic N) is 2. The second-order valence-electron chi connectivity index (χ2n) is 6.34. The zero-order chi connectivity index (χ0) is 16.4. The molecule has 0 saturated carbocycles. The van der Waals surface area contributed by atoms with E-state index in [9.17, 15) is 4.79 Å². The van der Waals surface area contributed by atoms with Crippen LogP contribution in [0.1, 0.15) is 22.0 Å². The summed E-state index contributed by atoms with van der Waals surface area (Å²) in [5, 5.41) is 2.15. The number of fused-ring (bicyclic) bond motifs is 1. The molecule has 2 aromatic rings. The summed E-state index contributed by atoms with van der Waals surface area (Å²) < 4.78 is 5.39. The lowest BCUT2D eigenvalue weighted by Gasteiger charge is -2.38. The average molecular weight is 342 g/mol. The quantitative estimate of drug-likeness (QED) is 0.859. The monoisotopic (exact) mass is 342 g/mol. The van der Waals surface area contributed by atoms with E-state index in [1.165, 1.54) is 16.0 Å². The smallest absolute Gasteiger partial charge is 0.237 e. The van der Waals surface area contributed by atoms with Gasteiger partial charge in [-0.15, -0.1) is 11.3 Å². The van der Waals surface area contributed by atoms with Gasteiger partial charge in [0.15, 0.2) is 0 Å². The molecule has 2 aliphatic rings. The minimum absolute atomic E-state index is 0.0507. The Morgan fingerprint density at radius 2 is 1.92 bits per heavy atom. The van der Waals surface area contributed by atoms with Crippen LogP contribution < -0.4 is 0 Å². The molecule has 4 nitrogen and oxygen atoms in total. The fraction of sp³-hybridized carbons (Fsp3) is 0.421. The Balaban J connectivity index is 1.60. The van der Waals surface area contributed by atoms with E-state index in [1.807, 2.05) is 17.4 Å². The molecule has 1 amide bonds. The van der Waals surface area contributed by atoms with Crippen LogP contribution in [0.5, 0.6) is 0 Å². The van der Waals surface area contributed by atoms with Crippen molar-refractivity contribution in [3.63, 3.8) is 0 Å². The topological polar surface area (TPSA) is 32.8 Å². The van der Waals surface area contributed by atoms with Gasteiger partial charge in [-0.05, 0) is 29.0 Å². The van der Waals surface area contributed by atoms with Crippen molar-refractivity contribution in [3.05, 3.63) is 57.8 Å². The second kappa shape index (κ2) is 7.05. The molecule has 0 spiro atoms. The van der Waals surface area contributed by atoms with Gasteiger partial charge in [-0.3, -0.25) is 9.69 Å². The number of thiophene rings is 1. The van der Waals surface area contributed by atoms with Gasteiger partial charge in [-0.2, -0.15) is 0 Å². The molecule has 1 saturated heterocycles. The van der Waals surface area contributed by atoms with Crippen LogP contribution in [0.2, 0.25) is 0 Å². The molecule has 0 bridgehead atoms. The zero-order valence-corrected chi connectivity index (χ0v) is 14.5. The Kier molecular flexibility index (Phi) is 4.65. The van der Waals surface area contributed by atoms with Crippen molar-refractivity contribution in [3.8, 4) is 0 Å². The van der Waals surface area contributed by atoms with Crippen LogP contribution in [-0.2, 0) is 16.0 Å². The third kappa shape index (κ3) is 3.11. The first-order valence-corrected chi connectivity index (χ1v) is 9.41. The van der Waals surface area contributed by atoms with Crippen LogP contribution in [0.25, 0.3) is 0 Å². The first kappa shape index (κ1) is 15.8. The number of hydrogen-bond donors (Lipinski definition) is 0. The number of rotatable bonds is 3. The summed E-state index contributed by atoms with van der Waals surface area (Å²) >= 11 is 1.81. The van der Waals surface area contributed by atoms with E-state index < -0.39 is 0 Å². The predicted molar refractivity (Wildman–Crippen MR) is 95.3 cm³/mol. The molecule has 3 heterocycles. The molecular formula is C19H22N2O2S. The van der Waals surface area contributed by atoms with Crippen molar-refractivity contribution in [1.82, 2.24) is 9.80 Å². The maximum atomic E-state index is 13.0. The minimum atomic E-state index is 0.0507. The highest BCUT2D eigenvalue weighted by Gasteiger charge is 2.33. The molecule has 1 atom stereocenters. The van der Waals surface area contributed by atoms with Gasteiger partial charge in [0.25, 0.3) is 0 Å². The summed E-state index contributed by atoms with van der Waals surface area (Å²) in [6.45, 7) is 4.44. The molecule has 4 rings (SSSR count). The standard InChI is InChI=1S/C19H22N2O2S/c22-18(14-20-9-11-23-12-10-20)21-8-6-17-16(7-13-24-17)19(21)15-4-2-1-3-5-15/h1-5,7,13,19H,6,8-12,14H2. The molecule has 0 aliphatic carbocycles. The maximum Gasteiger partial charge on any atom is 0.237 e. The molecule has 1 aromatic carbocycles. The number of ether oxygens (including phenoxy) is 1. The van der Waals surface area contributed by atoms with Crippen molar-refractivity contribution < 1.29 is 9.53 Å². The van der Waals surface area contributed by atoms with Gasteiger partial charge in [0.05, 0.1) is 25.8 Å². The van der Waals surface area contributed by atoms with Gasteiger partial charge >= 0.3 is 0 Å². The lowest BCUT2D eigenvalue weighted by molar-refractivity contribution is -0.135. The Morgan fingerprint density at radius 3 is 2.71 bits per heavy atom. The molecule has 0 N–H and O–H groups in total. The van der Waals surface area contributed by atoms with Crippen LogP contribution in [-0.4, -0.2) is 55.1 Å². The minimum Gasteiger partial charge on any atom is -0.379 e. The van der Waals surface area contributed by atoms with Crippen LogP contribution in [0.15, 0.2) is 41.8 Å². The Bertz CT molecular complexity index is 694. The predicted octanol–water partition coefficient (Wildman–Crippen LogP) is 2.55. The van der Waals surface area contributed by atoms with Crippen molar-refractivity contribution in [2.24, 2.45) is 0 Å². The number of amides is 1. The summed E-state index contributed by atoms with van der Waals surface area (Å²) in [5.74, 6) is 0.225. The van der Waals surface area contributed by atoms with E-state index in [2.05, 4.69) is 45.5 Å². The number of hydrogen-bond acceptors (Lipinski definition) is 4. The van der Waals surface area contributed by atoms with E-state index in [0.717, 1.165) is 39.3 Å². The fourth-order valence-electron chi connectivity index (χ4n) is 3.62. The SMILES string of the molecule is O=C(CN1CCOCC1)N1CCc2sccc2C1c1ccccc1. The summed E-state index contributed by atoms with van der Waals surface area (Å²) in [4.78, 5) is 18.7. The first-order valence-electron chi connectivity index (χ1n) is 8.54. The summed E-state index contributed by atoms with van der Waals surface area (Å²) in [6.07, 6.45) is 0.963. The van der Waals surface area contributed by atoms with Gasteiger partial charge < -0.3 is 9.64 Å². The largest absolute Gasteiger partial charge is 0.379 e. The molecule has 2 aliphatic heterocycles. The van der Waals surface area contributed by atoms with Gasteiger partial charge in [0, 0.05) is 24.5 Å². The number of benzene rings is 1. The zero-order valence-electron chi connectivity index (χ0n) is 13.7. The van der Waals surface area contributed by atoms with E-state index in [4.69, 9.17) is 4.74 Å². The number of carbonyl (C=O) groups excluding carboxylic acids is 1. The summed E-state index contributed by atoms with van der Waals surface area (Å²) in [7, 11) is 0. The molecule has 5 heteroatoms. The van der Waals surface area contributed by atoms with E-state index in [1.54, 1.807) is 0 Å². The van der Waals surface area contributed by atoms with Crippen molar-refractivity contribution >= 4 is 17.2 Å². The van der Waals surface area contributed by atoms with Crippen LogP contribution >= 0.6 is 11.3 Å². The Hall–Kier alpha value is -1.69. The van der Waals surface area contributed by atoms with Crippen molar-refractivity contribution in [2.75, 3.05) is 39.4 Å². The molecule has 24 heavy (non-hydrogen) atoms. The second-order valence-corrected chi connectivity index (χ2v) is 7.34. The van der Waals surface area contributed by atoms with Gasteiger partial charge in [0.1, 0.15) is 0 Å². The fourth-order valence-corrected chi connectivity index (χ4v) is 4.53. The third-order valence-electron chi connectivity index (χ3n) is 4.86. The van der Waals surface area contributed by atoms with Gasteiger partial charge in [-0.25, -0.2) is 0 Å². The highest BCUT2D eigenvalue weighted by Crippen LogP contribution is 2.37. The molecule has 1 unspecified atom stereocenters. The number of carbonyl (C=O) groups is 1. The summed E-state index contributed by atoms with van der Waals surface area (Å²) in [5.41, 5.74) is 2.50. The normalized spacial score (nSPS) is 21.5. The molecule has 126 valence electrons. The highest BCUT2D eigenvalue weighted by atomic mass is 32.1. The van der Waals surface area contributed by atoms with Gasteiger partial charge in [-0.1, -0.05) is 30.3 Å². The van der Waals surface area contributed by atoms with Crippen LogP contribution in [0.4, 0.5) is 0 Å². The lowest BCUT2D eigenvalue weighted by atomic mass is 9.93. The first-order chi connectivity index (χ1) is 11.8. The van der Waals surface area contributed by atoms with E-state index >= 15 is 0 Å². The molecule has 1 fully saturated rings. The van der Waals surface area contributed by atoms with Gasteiger partial charge in [0.2, 0.25) is 5.91 Å². The van der Waals surface area contributed by atoms with Crippen molar-refractivity contribution in [2.45, 2.75) is 12.5 Å². The molecular weight excluding hydrogens is 320 g/mol. The van der Waals surface area contributed by atoms with E-state index in [-0.39, 0.29) is 11.9 Å². The van der Waals surface area contributed by atoms with Crippen LogP contribution in [0.3, 0.4) is 0 Å². The Morgan fingerprint density at radius 1 is 1.12 bits per heavy atom. The molecule has 1 aromatic heterocycles. The highest BCUT2D eigenvalue weighted by molar-refractivity contribution is 7.10. The third-order valence-corrected chi connectivity index (χ3v) is 5.86. The van der Waals surface area contributed by atoms with Crippen molar-refractivity contribution in [1.29, 1.82) is 0 Å². The maximum absolute atomic E-state index is 13.0. The molecule has 0 radical (unpaired) electrons. The number of morpholine rings is 1. The lowest BCUT2D eigenvalue weighted by Crippen LogP contribution is -2.47. The van der Waals surface area contributed by atoms with E-state index in [0.29, 0.717) is 6.54 Å². The summed E-state index contributed by atoms with van der Waals surface area (Å²) in [6, 6.07) is 12.6.